The second kappa shape index (κ2) is 8.19. The zero-order valence-electron chi connectivity index (χ0n) is 13.2. The Labute approximate surface area is 125 Å². The van der Waals surface area contributed by atoms with Crippen LogP contribution in [0.5, 0.6) is 0 Å². The molecule has 0 bridgehead atoms. The van der Waals surface area contributed by atoms with Crippen molar-refractivity contribution < 1.29 is 24.2 Å². The Morgan fingerprint density at radius 2 is 2.10 bits per heavy atom. The number of urea groups is 1. The fourth-order valence-corrected chi connectivity index (χ4v) is 2.31. The number of aliphatic carboxylic acids is 1. The molecular weight excluding hydrogens is 276 g/mol. The monoisotopic (exact) mass is 302 g/mol. The van der Waals surface area contributed by atoms with E-state index >= 15 is 0 Å². The molecule has 1 aliphatic heterocycles. The molecule has 0 spiro atoms. The number of amides is 2. The van der Waals surface area contributed by atoms with Crippen LogP contribution in [0, 0.1) is 5.92 Å². The van der Waals surface area contributed by atoms with Crippen LogP contribution in [-0.2, 0) is 14.3 Å². The van der Waals surface area contributed by atoms with E-state index in [9.17, 15) is 14.7 Å². The second-order valence-electron chi connectivity index (χ2n) is 5.56. The summed E-state index contributed by atoms with van der Waals surface area (Å²) in [4.78, 5) is 24.9. The van der Waals surface area contributed by atoms with Crippen molar-refractivity contribution in [3.63, 3.8) is 0 Å². The van der Waals surface area contributed by atoms with Crippen LogP contribution in [0.15, 0.2) is 0 Å². The maximum Gasteiger partial charge on any atom is 0.326 e. The maximum atomic E-state index is 12.3. The summed E-state index contributed by atoms with van der Waals surface area (Å²) in [6, 6.07) is -1.36. The van der Waals surface area contributed by atoms with Crippen LogP contribution in [0.3, 0.4) is 0 Å². The Balaban J connectivity index is 2.68. The molecule has 0 radical (unpaired) electrons. The van der Waals surface area contributed by atoms with Gasteiger partial charge < -0.3 is 24.8 Å². The summed E-state index contributed by atoms with van der Waals surface area (Å²) >= 11 is 0. The summed E-state index contributed by atoms with van der Waals surface area (Å²) in [6.45, 7) is 7.15. The highest BCUT2D eigenvalue weighted by atomic mass is 16.5. The molecule has 0 aliphatic carbocycles. The highest BCUT2D eigenvalue weighted by Gasteiger charge is 2.40. The summed E-state index contributed by atoms with van der Waals surface area (Å²) in [5.74, 6) is -0.805. The molecule has 7 heteroatoms. The first-order valence-electron chi connectivity index (χ1n) is 7.31. The Kier molecular flexibility index (Phi) is 6.91. The van der Waals surface area contributed by atoms with Crippen LogP contribution in [0.25, 0.3) is 0 Å². The number of carboxylic acids is 1. The number of likely N-dealkylation sites (tertiary alicyclic amines) is 1. The fraction of sp³-hybridized carbons (Fsp3) is 0.857. The fourth-order valence-electron chi connectivity index (χ4n) is 2.31. The Morgan fingerprint density at radius 1 is 1.43 bits per heavy atom. The number of methoxy groups -OCH3 is 1. The molecule has 1 aliphatic rings. The van der Waals surface area contributed by atoms with Gasteiger partial charge in [-0.25, -0.2) is 9.59 Å². The third-order valence-electron chi connectivity index (χ3n) is 3.76. The number of rotatable bonds is 7. The summed E-state index contributed by atoms with van der Waals surface area (Å²) in [6.07, 6.45) is 0.0816. The van der Waals surface area contributed by atoms with E-state index in [2.05, 4.69) is 5.32 Å². The topological polar surface area (TPSA) is 88.1 Å². The molecular formula is C14H26N2O5. The van der Waals surface area contributed by atoms with Gasteiger partial charge in [0.2, 0.25) is 0 Å². The molecule has 1 fully saturated rings. The number of ether oxygens (including phenoxy) is 2. The number of carbonyl (C=O) groups is 2. The lowest BCUT2D eigenvalue weighted by atomic mass is 10.1. The quantitative estimate of drug-likeness (QED) is 0.730. The Morgan fingerprint density at radius 3 is 2.57 bits per heavy atom. The Bertz CT molecular complexity index is 361. The largest absolute Gasteiger partial charge is 0.480 e. The van der Waals surface area contributed by atoms with Crippen molar-refractivity contribution in [1.29, 1.82) is 0 Å². The molecule has 1 heterocycles. The maximum absolute atomic E-state index is 12.3. The van der Waals surface area contributed by atoms with E-state index in [0.717, 1.165) is 0 Å². The minimum absolute atomic E-state index is 0.145. The number of carboxylic acid groups (broad SMARTS) is 1. The second-order valence-corrected chi connectivity index (χ2v) is 5.56. The molecule has 21 heavy (non-hydrogen) atoms. The summed E-state index contributed by atoms with van der Waals surface area (Å²) in [5.41, 5.74) is 0. The van der Waals surface area contributed by atoms with Crippen molar-refractivity contribution in [1.82, 2.24) is 10.2 Å². The minimum atomic E-state index is -1.00. The number of carbonyl (C=O) groups excluding carboxylic acids is 1. The summed E-state index contributed by atoms with van der Waals surface area (Å²) in [5, 5.41) is 12.1. The van der Waals surface area contributed by atoms with Crippen LogP contribution in [-0.4, -0.2) is 67.1 Å². The molecule has 0 aromatic rings. The van der Waals surface area contributed by atoms with Crippen molar-refractivity contribution in [2.45, 2.75) is 45.4 Å². The van der Waals surface area contributed by atoms with E-state index in [1.54, 1.807) is 0 Å². The van der Waals surface area contributed by atoms with Gasteiger partial charge in [-0.1, -0.05) is 13.8 Å². The van der Waals surface area contributed by atoms with E-state index in [1.807, 2.05) is 20.8 Å². The van der Waals surface area contributed by atoms with Crippen molar-refractivity contribution >= 4 is 12.0 Å². The van der Waals surface area contributed by atoms with Gasteiger partial charge in [-0.2, -0.15) is 0 Å². The highest BCUT2D eigenvalue weighted by Crippen LogP contribution is 2.20. The molecule has 3 atom stereocenters. The van der Waals surface area contributed by atoms with Crippen molar-refractivity contribution in [3.05, 3.63) is 0 Å². The van der Waals surface area contributed by atoms with Gasteiger partial charge in [0, 0.05) is 26.7 Å². The van der Waals surface area contributed by atoms with Crippen molar-refractivity contribution in [2.75, 3.05) is 26.9 Å². The number of hydrogen-bond donors (Lipinski definition) is 2. The van der Waals surface area contributed by atoms with E-state index in [0.29, 0.717) is 26.2 Å². The van der Waals surface area contributed by atoms with Crippen LogP contribution < -0.4 is 5.32 Å². The van der Waals surface area contributed by atoms with Crippen LogP contribution in [0.4, 0.5) is 4.79 Å². The minimum Gasteiger partial charge on any atom is -0.480 e. The average Bonchev–Trinajstić information content (AvgIpc) is 2.87. The standard InChI is InChI=1S/C14H26N2O5/c1-5-21-8-11(9(2)3)15-14(19)16-7-10(20-4)6-12(16)13(17)18/h9-12H,5-8H2,1-4H3,(H,15,19)(H,17,18). The van der Waals surface area contributed by atoms with Gasteiger partial charge in [0.1, 0.15) is 6.04 Å². The van der Waals surface area contributed by atoms with Gasteiger partial charge in [0.05, 0.1) is 18.8 Å². The molecule has 122 valence electrons. The van der Waals surface area contributed by atoms with E-state index in [-0.39, 0.29) is 24.1 Å². The van der Waals surface area contributed by atoms with Crippen LogP contribution >= 0.6 is 0 Å². The lowest BCUT2D eigenvalue weighted by molar-refractivity contribution is -0.141. The smallest absolute Gasteiger partial charge is 0.326 e. The molecule has 7 nitrogen and oxygen atoms in total. The van der Waals surface area contributed by atoms with E-state index in [1.165, 1.54) is 12.0 Å². The third-order valence-corrected chi connectivity index (χ3v) is 3.76. The van der Waals surface area contributed by atoms with Gasteiger partial charge >= 0.3 is 12.0 Å². The van der Waals surface area contributed by atoms with Crippen LogP contribution in [0.2, 0.25) is 0 Å². The van der Waals surface area contributed by atoms with Crippen molar-refractivity contribution in [3.8, 4) is 0 Å². The first-order valence-corrected chi connectivity index (χ1v) is 7.31. The molecule has 0 saturated carbocycles. The van der Waals surface area contributed by atoms with Gasteiger partial charge in [0.25, 0.3) is 0 Å². The third kappa shape index (κ3) is 4.86. The Hall–Kier alpha value is -1.34. The zero-order valence-corrected chi connectivity index (χ0v) is 13.2. The predicted octanol–water partition coefficient (Wildman–Crippen LogP) is 0.931. The average molecular weight is 302 g/mol. The number of hydrogen-bond acceptors (Lipinski definition) is 4. The lowest BCUT2D eigenvalue weighted by Crippen LogP contribution is -2.51. The van der Waals surface area contributed by atoms with E-state index in [4.69, 9.17) is 9.47 Å². The molecule has 1 saturated heterocycles. The van der Waals surface area contributed by atoms with Gasteiger partial charge in [-0.15, -0.1) is 0 Å². The van der Waals surface area contributed by atoms with Gasteiger partial charge in [-0.05, 0) is 12.8 Å². The molecule has 0 aromatic carbocycles. The molecule has 2 amide bonds. The van der Waals surface area contributed by atoms with E-state index < -0.39 is 12.0 Å². The number of nitrogens with zero attached hydrogens (tertiary/aromatic N) is 1. The van der Waals surface area contributed by atoms with Gasteiger partial charge in [-0.3, -0.25) is 0 Å². The zero-order chi connectivity index (χ0) is 16.0. The number of nitrogens with one attached hydrogen (secondary N) is 1. The lowest BCUT2D eigenvalue weighted by Gasteiger charge is -2.27. The molecule has 3 unspecified atom stereocenters. The highest BCUT2D eigenvalue weighted by molar-refractivity contribution is 5.83. The molecule has 0 aromatic heterocycles. The molecule has 2 N–H and O–H groups in total. The van der Waals surface area contributed by atoms with Gasteiger partial charge in [0.15, 0.2) is 0 Å². The summed E-state index contributed by atoms with van der Waals surface area (Å²) < 4.78 is 10.5. The first-order chi connectivity index (χ1) is 9.90. The van der Waals surface area contributed by atoms with Crippen molar-refractivity contribution in [2.24, 2.45) is 5.92 Å². The summed E-state index contributed by atoms with van der Waals surface area (Å²) in [7, 11) is 1.52. The first kappa shape index (κ1) is 17.7. The molecule has 1 rings (SSSR count). The van der Waals surface area contributed by atoms with Crippen LogP contribution in [0.1, 0.15) is 27.2 Å². The predicted molar refractivity (Wildman–Crippen MR) is 77.2 cm³/mol. The normalized spacial score (nSPS) is 23.4. The SMILES string of the molecule is CCOCC(NC(=O)N1CC(OC)CC1C(=O)O)C(C)C.